The van der Waals surface area contributed by atoms with E-state index in [1.54, 1.807) is 0 Å². The molecule has 0 aromatic heterocycles. The number of anilines is 2. The Labute approximate surface area is 201 Å². The highest BCUT2D eigenvalue weighted by molar-refractivity contribution is 6.34. The highest BCUT2D eigenvalue weighted by Gasteiger charge is 2.25. The topological polar surface area (TPSA) is 61.9 Å². The van der Waals surface area contributed by atoms with Gasteiger partial charge < -0.3 is 19.9 Å². The van der Waals surface area contributed by atoms with Gasteiger partial charge in [-0.1, -0.05) is 64.4 Å². The fourth-order valence-electron chi connectivity index (χ4n) is 3.84. The minimum absolute atomic E-state index is 0.0172. The number of nitrogens with zero attached hydrogens (tertiary/aromatic N) is 2. The Morgan fingerprint density at radius 1 is 1.03 bits per heavy atom. The van der Waals surface area contributed by atoms with Crippen LogP contribution >= 0.6 is 11.6 Å². The number of halogens is 1. The summed E-state index contributed by atoms with van der Waals surface area (Å²) in [5.74, 6) is 0.536. The molecule has 1 heterocycles. The number of nitrogens with one attached hydrogen (secondary N) is 1. The van der Waals surface area contributed by atoms with Gasteiger partial charge in [0.2, 0.25) is 5.91 Å². The van der Waals surface area contributed by atoms with E-state index in [1.165, 1.54) is 5.56 Å². The van der Waals surface area contributed by atoms with E-state index >= 15 is 0 Å². The zero-order chi connectivity index (χ0) is 24.2. The standard InChI is InChI=1S/C26H34ClN3O3/c1-18(2)25(32)30-15-13-29(14-16-30)24-21(27)7-6-8-22(24)28-23(31)17-33-20-11-9-19(10-12-20)26(3,4)5/h6-12,18H,13-17H2,1-5H3,(H,28,31). The quantitative estimate of drug-likeness (QED) is 0.646. The van der Waals surface area contributed by atoms with Gasteiger partial charge >= 0.3 is 0 Å². The van der Waals surface area contributed by atoms with Crippen LogP contribution in [0.2, 0.25) is 5.02 Å². The van der Waals surface area contributed by atoms with Gasteiger partial charge in [-0.25, -0.2) is 0 Å². The first-order valence-corrected chi connectivity index (χ1v) is 11.8. The van der Waals surface area contributed by atoms with Crippen LogP contribution < -0.4 is 15.0 Å². The first-order valence-electron chi connectivity index (χ1n) is 11.4. The van der Waals surface area contributed by atoms with Crippen molar-refractivity contribution in [1.82, 2.24) is 4.90 Å². The van der Waals surface area contributed by atoms with Crippen molar-refractivity contribution in [2.24, 2.45) is 5.92 Å². The van der Waals surface area contributed by atoms with Crippen molar-refractivity contribution in [1.29, 1.82) is 0 Å². The van der Waals surface area contributed by atoms with E-state index < -0.39 is 0 Å². The molecule has 6 nitrogen and oxygen atoms in total. The van der Waals surface area contributed by atoms with E-state index in [9.17, 15) is 9.59 Å². The molecule has 1 aliphatic heterocycles. The van der Waals surface area contributed by atoms with E-state index in [1.807, 2.05) is 61.2 Å². The van der Waals surface area contributed by atoms with Crippen LogP contribution in [0.25, 0.3) is 0 Å². The molecular formula is C26H34ClN3O3. The number of carbonyl (C=O) groups excluding carboxylic acids is 2. The second-order valence-electron chi connectivity index (χ2n) is 9.71. The Kier molecular flexibility index (Phi) is 7.90. The highest BCUT2D eigenvalue weighted by atomic mass is 35.5. The third-order valence-electron chi connectivity index (χ3n) is 5.75. The van der Waals surface area contributed by atoms with E-state index in [0.717, 1.165) is 5.69 Å². The van der Waals surface area contributed by atoms with Crippen LogP contribution in [0.5, 0.6) is 5.75 Å². The molecule has 0 radical (unpaired) electrons. The molecule has 7 heteroatoms. The van der Waals surface area contributed by atoms with E-state index in [2.05, 4.69) is 31.0 Å². The van der Waals surface area contributed by atoms with E-state index in [0.29, 0.717) is 42.6 Å². The van der Waals surface area contributed by atoms with Crippen LogP contribution in [0.3, 0.4) is 0 Å². The van der Waals surface area contributed by atoms with Crippen molar-refractivity contribution in [2.45, 2.75) is 40.0 Å². The number of hydrogen-bond donors (Lipinski definition) is 1. The molecule has 0 saturated carbocycles. The van der Waals surface area contributed by atoms with Crippen LogP contribution in [0.15, 0.2) is 42.5 Å². The van der Waals surface area contributed by atoms with Crippen LogP contribution in [0.1, 0.15) is 40.2 Å². The predicted molar refractivity (Wildman–Crippen MR) is 134 cm³/mol. The fourth-order valence-corrected chi connectivity index (χ4v) is 4.13. The molecule has 0 spiro atoms. The molecule has 1 N–H and O–H groups in total. The Morgan fingerprint density at radius 3 is 2.24 bits per heavy atom. The van der Waals surface area contributed by atoms with Gasteiger partial charge in [0.15, 0.2) is 6.61 Å². The summed E-state index contributed by atoms with van der Waals surface area (Å²) in [4.78, 5) is 28.9. The van der Waals surface area contributed by atoms with Gasteiger partial charge in [0, 0.05) is 32.1 Å². The predicted octanol–water partition coefficient (Wildman–Crippen LogP) is 4.96. The third kappa shape index (κ3) is 6.41. The average Bonchev–Trinajstić information content (AvgIpc) is 2.77. The Bertz CT molecular complexity index is 975. The maximum Gasteiger partial charge on any atom is 0.262 e. The van der Waals surface area contributed by atoms with Crippen molar-refractivity contribution >= 4 is 34.8 Å². The molecule has 0 atom stereocenters. The zero-order valence-corrected chi connectivity index (χ0v) is 20.9. The van der Waals surface area contributed by atoms with Crippen LogP contribution in [-0.4, -0.2) is 49.5 Å². The lowest BCUT2D eigenvalue weighted by Crippen LogP contribution is -2.50. The molecule has 0 aliphatic carbocycles. The second-order valence-corrected chi connectivity index (χ2v) is 10.1. The van der Waals surface area contributed by atoms with Crippen molar-refractivity contribution in [3.05, 3.63) is 53.1 Å². The summed E-state index contributed by atoms with van der Waals surface area (Å²) in [6, 6.07) is 13.3. The van der Waals surface area contributed by atoms with Crippen LogP contribution in [-0.2, 0) is 15.0 Å². The number of benzene rings is 2. The maximum atomic E-state index is 12.6. The summed E-state index contributed by atoms with van der Waals surface area (Å²) in [6.45, 7) is 12.8. The van der Waals surface area contributed by atoms with Crippen LogP contribution in [0, 0.1) is 5.92 Å². The minimum Gasteiger partial charge on any atom is -0.484 e. The number of piperazine rings is 1. The first kappa shape index (κ1) is 24.9. The molecule has 1 saturated heterocycles. The molecule has 2 aromatic carbocycles. The number of carbonyl (C=O) groups is 2. The average molecular weight is 472 g/mol. The second kappa shape index (κ2) is 10.5. The molecule has 0 unspecified atom stereocenters. The lowest BCUT2D eigenvalue weighted by atomic mass is 9.87. The number of amides is 2. The van der Waals surface area contributed by atoms with Crippen molar-refractivity contribution in [3.8, 4) is 5.75 Å². The summed E-state index contributed by atoms with van der Waals surface area (Å²) in [5, 5.41) is 3.50. The summed E-state index contributed by atoms with van der Waals surface area (Å²) in [6.07, 6.45) is 0. The molecule has 2 amide bonds. The molecule has 0 bridgehead atoms. The molecule has 2 aromatic rings. The Balaban J connectivity index is 1.62. The zero-order valence-electron chi connectivity index (χ0n) is 20.2. The summed E-state index contributed by atoms with van der Waals surface area (Å²) >= 11 is 6.52. The monoisotopic (exact) mass is 471 g/mol. The van der Waals surface area contributed by atoms with Crippen molar-refractivity contribution < 1.29 is 14.3 Å². The largest absolute Gasteiger partial charge is 0.484 e. The van der Waals surface area contributed by atoms with Gasteiger partial charge in [-0.05, 0) is 35.2 Å². The lowest BCUT2D eigenvalue weighted by molar-refractivity contribution is -0.134. The van der Waals surface area contributed by atoms with Gasteiger partial charge in [0.1, 0.15) is 5.75 Å². The van der Waals surface area contributed by atoms with Gasteiger partial charge in [-0.2, -0.15) is 0 Å². The number of rotatable bonds is 6. The smallest absolute Gasteiger partial charge is 0.262 e. The Morgan fingerprint density at radius 2 is 1.67 bits per heavy atom. The molecular weight excluding hydrogens is 438 g/mol. The SMILES string of the molecule is CC(C)C(=O)N1CCN(c2c(Cl)cccc2NC(=O)COc2ccc(C(C)(C)C)cc2)CC1. The normalized spacial score (nSPS) is 14.4. The van der Waals surface area contributed by atoms with E-state index in [4.69, 9.17) is 16.3 Å². The highest BCUT2D eigenvalue weighted by Crippen LogP contribution is 2.34. The molecule has 178 valence electrons. The van der Waals surface area contributed by atoms with Crippen molar-refractivity contribution in [3.63, 3.8) is 0 Å². The van der Waals surface area contributed by atoms with Crippen LogP contribution in [0.4, 0.5) is 11.4 Å². The van der Waals surface area contributed by atoms with Gasteiger partial charge in [0.05, 0.1) is 16.4 Å². The lowest BCUT2D eigenvalue weighted by Gasteiger charge is -2.38. The maximum absolute atomic E-state index is 12.6. The fraction of sp³-hybridized carbons (Fsp3) is 0.462. The number of hydrogen-bond acceptors (Lipinski definition) is 4. The van der Waals surface area contributed by atoms with Crippen molar-refractivity contribution in [2.75, 3.05) is 43.0 Å². The number of ether oxygens (including phenoxy) is 1. The first-order chi connectivity index (χ1) is 15.6. The van der Waals surface area contributed by atoms with Gasteiger partial charge in [-0.3, -0.25) is 9.59 Å². The van der Waals surface area contributed by atoms with E-state index in [-0.39, 0.29) is 29.8 Å². The summed E-state index contributed by atoms with van der Waals surface area (Å²) < 4.78 is 5.68. The summed E-state index contributed by atoms with van der Waals surface area (Å²) in [7, 11) is 0. The third-order valence-corrected chi connectivity index (χ3v) is 6.06. The van der Waals surface area contributed by atoms with Gasteiger partial charge in [0.25, 0.3) is 5.91 Å². The minimum atomic E-state index is -0.257. The summed E-state index contributed by atoms with van der Waals surface area (Å²) in [5.41, 5.74) is 2.69. The molecule has 1 fully saturated rings. The number of para-hydroxylation sites is 1. The molecule has 3 rings (SSSR count). The molecule has 1 aliphatic rings. The van der Waals surface area contributed by atoms with Gasteiger partial charge in [-0.15, -0.1) is 0 Å². The molecule has 33 heavy (non-hydrogen) atoms. The Hall–Kier alpha value is -2.73.